The number of aromatic nitrogens is 2. The van der Waals surface area contributed by atoms with Gasteiger partial charge in [0.15, 0.2) is 28.9 Å². The van der Waals surface area contributed by atoms with E-state index in [1.54, 1.807) is 18.2 Å². The highest BCUT2D eigenvalue weighted by molar-refractivity contribution is 6.06. The predicted octanol–water partition coefficient (Wildman–Crippen LogP) is 4.73. The van der Waals surface area contributed by atoms with Crippen LogP contribution in [0.4, 0.5) is 14.5 Å². The second kappa shape index (κ2) is 12.7. The van der Waals surface area contributed by atoms with E-state index >= 15 is 8.78 Å². The van der Waals surface area contributed by atoms with E-state index in [1.807, 2.05) is 7.05 Å². The van der Waals surface area contributed by atoms with Crippen LogP contribution in [0, 0.1) is 11.6 Å². The van der Waals surface area contributed by atoms with Crippen molar-refractivity contribution in [3.63, 3.8) is 0 Å². The van der Waals surface area contributed by atoms with Crippen LogP contribution in [0.3, 0.4) is 0 Å². The molecule has 41 heavy (non-hydrogen) atoms. The third-order valence-corrected chi connectivity index (χ3v) is 6.27. The largest absolute Gasteiger partial charge is 0.493 e. The second-order valence-electron chi connectivity index (χ2n) is 9.08. The first-order chi connectivity index (χ1) is 20.0. The van der Waals surface area contributed by atoms with Gasteiger partial charge in [0.25, 0.3) is 5.91 Å². The lowest BCUT2D eigenvalue weighted by Crippen LogP contribution is -2.20. The summed E-state index contributed by atoms with van der Waals surface area (Å²) in [6.45, 7) is 2.00. The zero-order chi connectivity index (χ0) is 28.8. The third-order valence-electron chi connectivity index (χ3n) is 6.27. The molecule has 2 N–H and O–H groups in total. The van der Waals surface area contributed by atoms with Crippen LogP contribution in [-0.4, -0.2) is 62.5 Å². The van der Waals surface area contributed by atoms with Crippen LogP contribution < -0.4 is 29.6 Å². The number of hydrogen-bond donors (Lipinski definition) is 2. The number of ether oxygens (including phenoxy) is 5. The molecule has 0 aliphatic carbocycles. The van der Waals surface area contributed by atoms with Gasteiger partial charge < -0.3 is 34.3 Å². The molecule has 214 valence electrons. The molecule has 1 saturated heterocycles. The summed E-state index contributed by atoms with van der Waals surface area (Å²) in [5.74, 6) is -2.00. The lowest BCUT2D eigenvalue weighted by atomic mass is 10.1. The number of fused-ring (bicyclic) bond motifs is 1. The molecule has 1 atom stereocenters. The molecule has 1 amide bonds. The number of halogens is 2. The van der Waals surface area contributed by atoms with Crippen LogP contribution in [0.5, 0.6) is 28.7 Å². The highest BCUT2D eigenvalue weighted by Crippen LogP contribution is 2.38. The van der Waals surface area contributed by atoms with Crippen LogP contribution >= 0.6 is 0 Å². The maximum atomic E-state index is 15.1. The van der Waals surface area contributed by atoms with E-state index in [-0.39, 0.29) is 23.1 Å². The van der Waals surface area contributed by atoms with E-state index in [1.165, 1.54) is 31.8 Å². The summed E-state index contributed by atoms with van der Waals surface area (Å²) in [5, 5.41) is 5.94. The zero-order valence-electron chi connectivity index (χ0n) is 22.4. The summed E-state index contributed by atoms with van der Waals surface area (Å²) < 4.78 is 58.3. The Kier molecular flexibility index (Phi) is 8.70. The van der Waals surface area contributed by atoms with E-state index in [0.717, 1.165) is 12.1 Å². The summed E-state index contributed by atoms with van der Waals surface area (Å²) in [6.07, 6.45) is 4.76. The second-order valence-corrected chi connectivity index (χ2v) is 9.08. The van der Waals surface area contributed by atoms with Crippen molar-refractivity contribution in [1.82, 2.24) is 15.3 Å². The first kappa shape index (κ1) is 28.0. The first-order valence-corrected chi connectivity index (χ1v) is 12.9. The van der Waals surface area contributed by atoms with E-state index in [2.05, 4.69) is 20.6 Å². The van der Waals surface area contributed by atoms with E-state index in [0.29, 0.717) is 60.9 Å². The molecular weight excluding hydrogens is 538 g/mol. The number of anilines is 1. The van der Waals surface area contributed by atoms with Crippen molar-refractivity contribution < 1.29 is 37.3 Å². The molecule has 0 spiro atoms. The average molecular weight is 567 g/mol. The molecule has 0 bridgehead atoms. The Morgan fingerprint density at radius 1 is 1.07 bits per heavy atom. The van der Waals surface area contributed by atoms with E-state index in [9.17, 15) is 4.79 Å². The number of nitrogens with zero attached hydrogens (tertiary/aromatic N) is 2. The molecule has 10 nitrogen and oxygen atoms in total. The summed E-state index contributed by atoms with van der Waals surface area (Å²) in [6, 6.07) is 8.26. The molecule has 4 aromatic rings. The van der Waals surface area contributed by atoms with Crippen LogP contribution in [0.1, 0.15) is 16.8 Å². The van der Waals surface area contributed by atoms with Gasteiger partial charge in [-0.15, -0.1) is 0 Å². The Balaban J connectivity index is 1.36. The van der Waals surface area contributed by atoms with Gasteiger partial charge in [0.1, 0.15) is 24.2 Å². The fraction of sp³-hybridized carbons (Fsp3) is 0.276. The highest BCUT2D eigenvalue weighted by atomic mass is 19.1. The lowest BCUT2D eigenvalue weighted by Gasteiger charge is -2.16. The van der Waals surface area contributed by atoms with Crippen molar-refractivity contribution in [2.75, 3.05) is 45.8 Å². The number of hydrogen-bond acceptors (Lipinski definition) is 9. The maximum absolute atomic E-state index is 15.1. The molecule has 1 aliphatic heterocycles. The van der Waals surface area contributed by atoms with Gasteiger partial charge in [-0.05, 0) is 25.2 Å². The number of amides is 1. The number of nitrogens with one attached hydrogen (secondary N) is 2. The van der Waals surface area contributed by atoms with Gasteiger partial charge in [0, 0.05) is 60.8 Å². The Labute approximate surface area is 234 Å². The minimum Gasteiger partial charge on any atom is -0.493 e. The van der Waals surface area contributed by atoms with Gasteiger partial charge in [0.05, 0.1) is 31.4 Å². The Bertz CT molecular complexity index is 1520. The van der Waals surface area contributed by atoms with Crippen molar-refractivity contribution in [1.29, 1.82) is 0 Å². The fourth-order valence-corrected chi connectivity index (χ4v) is 4.23. The van der Waals surface area contributed by atoms with Gasteiger partial charge in [-0.25, -0.2) is 8.78 Å². The molecule has 1 unspecified atom stereocenters. The molecule has 0 radical (unpaired) electrons. The lowest BCUT2D eigenvalue weighted by molar-refractivity contribution is 0.101. The van der Waals surface area contributed by atoms with Gasteiger partial charge in [-0.1, -0.05) is 0 Å². The zero-order valence-corrected chi connectivity index (χ0v) is 22.4. The van der Waals surface area contributed by atoms with Crippen molar-refractivity contribution >= 4 is 22.5 Å². The number of carbonyl (C=O) groups is 1. The predicted molar refractivity (Wildman–Crippen MR) is 146 cm³/mol. The summed E-state index contributed by atoms with van der Waals surface area (Å²) in [5.41, 5.74) is 0.485. The third kappa shape index (κ3) is 6.44. The van der Waals surface area contributed by atoms with Crippen molar-refractivity contribution in [3.05, 3.63) is 72.2 Å². The van der Waals surface area contributed by atoms with E-state index < -0.39 is 23.3 Å². The molecule has 0 saturated carbocycles. The van der Waals surface area contributed by atoms with Crippen molar-refractivity contribution in [2.45, 2.75) is 12.5 Å². The number of methoxy groups -OCH3 is 1. The molecular formula is C29H28F2N4O6. The van der Waals surface area contributed by atoms with E-state index in [4.69, 9.17) is 23.7 Å². The number of likely N-dealkylation sites (N-methyl/N-ethyl adjacent to an activating group) is 1. The standard InChI is InChI=1S/C29H28F2N4O6/c1-32-8-10-39-27-14-23-19(13-26(27)37-2)24(4-7-34-23)41-28-21(30)11-17(12-22(28)31)35-29(36)20-15-33-6-3-25(20)40-18-5-9-38-16-18/h3-4,6-7,11-15,18,32H,5,8-10,16H2,1-2H3,(H,35,36). The van der Waals surface area contributed by atoms with Crippen LogP contribution in [0.15, 0.2) is 55.0 Å². The first-order valence-electron chi connectivity index (χ1n) is 12.9. The highest BCUT2D eigenvalue weighted by Gasteiger charge is 2.22. The minimum atomic E-state index is -1.02. The number of carbonyl (C=O) groups excluding carboxylic acids is 1. The smallest absolute Gasteiger partial charge is 0.261 e. The monoisotopic (exact) mass is 566 g/mol. The quantitative estimate of drug-likeness (QED) is 0.249. The average Bonchev–Trinajstić information content (AvgIpc) is 3.48. The topological polar surface area (TPSA) is 113 Å². The van der Waals surface area contributed by atoms with Crippen LogP contribution in [0.25, 0.3) is 10.9 Å². The molecule has 2 aromatic carbocycles. The Morgan fingerprint density at radius 2 is 1.88 bits per heavy atom. The molecule has 2 aromatic heterocycles. The summed E-state index contributed by atoms with van der Waals surface area (Å²) in [7, 11) is 3.30. The maximum Gasteiger partial charge on any atom is 0.261 e. The van der Waals surface area contributed by atoms with Gasteiger partial charge in [-0.3, -0.25) is 14.8 Å². The Hall–Kier alpha value is -4.55. The SMILES string of the molecule is CNCCOc1cc2nccc(Oc3c(F)cc(NC(=O)c4cnccc4OC4CCOC4)cc3F)c2cc1OC. The molecule has 3 heterocycles. The van der Waals surface area contributed by atoms with Gasteiger partial charge in [0.2, 0.25) is 0 Å². The van der Waals surface area contributed by atoms with Crippen molar-refractivity contribution in [3.8, 4) is 28.7 Å². The fourth-order valence-electron chi connectivity index (χ4n) is 4.23. The van der Waals surface area contributed by atoms with Gasteiger partial charge in [-0.2, -0.15) is 0 Å². The van der Waals surface area contributed by atoms with Crippen molar-refractivity contribution in [2.24, 2.45) is 0 Å². The molecule has 12 heteroatoms. The molecule has 1 fully saturated rings. The number of rotatable bonds is 11. The summed E-state index contributed by atoms with van der Waals surface area (Å²) >= 11 is 0. The summed E-state index contributed by atoms with van der Waals surface area (Å²) in [4.78, 5) is 21.2. The molecule has 5 rings (SSSR count). The minimum absolute atomic E-state index is 0.110. The molecule has 1 aliphatic rings. The number of pyridine rings is 2. The van der Waals surface area contributed by atoms with Crippen LogP contribution in [0.2, 0.25) is 0 Å². The van der Waals surface area contributed by atoms with Crippen LogP contribution in [-0.2, 0) is 4.74 Å². The van der Waals surface area contributed by atoms with Gasteiger partial charge >= 0.3 is 0 Å². The Morgan fingerprint density at radius 3 is 2.61 bits per heavy atom. The normalized spacial score (nSPS) is 14.6. The number of benzene rings is 2.